The molecular weight excluding hydrogens is 469 g/mol. The highest BCUT2D eigenvalue weighted by Gasteiger charge is 2.31. The quantitative estimate of drug-likeness (QED) is 0.349. The van der Waals surface area contributed by atoms with E-state index in [9.17, 15) is 4.79 Å². The predicted octanol–water partition coefficient (Wildman–Crippen LogP) is 1.87. The van der Waals surface area contributed by atoms with Crippen LogP contribution in [0.25, 0.3) is 0 Å². The third kappa shape index (κ3) is 6.73. The maximum atomic E-state index is 12.6. The summed E-state index contributed by atoms with van der Waals surface area (Å²) in [7, 11) is 3.59. The summed E-state index contributed by atoms with van der Waals surface area (Å²) in [6, 6.07) is -0.0287. The molecule has 164 valence electrons. The summed E-state index contributed by atoms with van der Waals surface area (Å²) < 4.78 is 5.63. The van der Waals surface area contributed by atoms with E-state index in [1.54, 1.807) is 7.11 Å². The molecule has 0 aliphatic carbocycles. The summed E-state index contributed by atoms with van der Waals surface area (Å²) in [5.74, 6) is 1.20. The minimum absolute atomic E-state index is 0. The van der Waals surface area contributed by atoms with Crippen molar-refractivity contribution in [2.45, 2.75) is 52.7 Å². The zero-order valence-corrected chi connectivity index (χ0v) is 20.9. The Morgan fingerprint density at radius 2 is 1.64 bits per heavy atom. The lowest BCUT2D eigenvalue weighted by molar-refractivity contribution is -0.135. The van der Waals surface area contributed by atoms with E-state index in [0.29, 0.717) is 0 Å². The number of nitrogens with one attached hydrogen (secondary N) is 1. The fourth-order valence-electron chi connectivity index (χ4n) is 3.94. The second kappa shape index (κ2) is 11.5. The van der Waals surface area contributed by atoms with Gasteiger partial charge in [-0.05, 0) is 25.2 Å². The maximum absolute atomic E-state index is 12.6. The Kier molecular flexibility index (Phi) is 10.5. The van der Waals surface area contributed by atoms with E-state index in [4.69, 9.17) is 4.74 Å². The van der Waals surface area contributed by atoms with Crippen molar-refractivity contribution >= 4 is 35.8 Å². The van der Waals surface area contributed by atoms with Crippen molar-refractivity contribution in [3.05, 3.63) is 0 Å². The maximum Gasteiger partial charge on any atom is 0.239 e. The van der Waals surface area contributed by atoms with Gasteiger partial charge in [0.15, 0.2) is 5.96 Å². The lowest BCUT2D eigenvalue weighted by Crippen LogP contribution is -2.57. The summed E-state index contributed by atoms with van der Waals surface area (Å²) in [4.78, 5) is 23.7. The van der Waals surface area contributed by atoms with Crippen LogP contribution >= 0.6 is 24.0 Å². The molecule has 2 aliphatic heterocycles. The van der Waals surface area contributed by atoms with Crippen molar-refractivity contribution < 1.29 is 9.53 Å². The first-order valence-electron chi connectivity index (χ1n) is 10.3. The first-order chi connectivity index (χ1) is 12.8. The van der Waals surface area contributed by atoms with Gasteiger partial charge in [-0.25, -0.2) is 0 Å². The molecule has 1 N–H and O–H groups in total. The molecule has 0 aromatic rings. The number of hydrogen-bond acceptors (Lipinski definition) is 4. The molecule has 2 aliphatic rings. The molecule has 2 heterocycles. The van der Waals surface area contributed by atoms with E-state index in [-0.39, 0.29) is 47.4 Å². The van der Waals surface area contributed by atoms with Crippen molar-refractivity contribution in [3.8, 4) is 0 Å². The third-order valence-corrected chi connectivity index (χ3v) is 5.84. The van der Waals surface area contributed by atoms with Gasteiger partial charge in [-0.1, -0.05) is 20.8 Å². The minimum Gasteiger partial charge on any atom is -0.379 e. The predicted molar refractivity (Wildman–Crippen MR) is 125 cm³/mol. The number of hydrogen-bond donors (Lipinski definition) is 1. The normalized spacial score (nSPS) is 21.3. The number of piperazine rings is 1. The standard InChI is InChI=1S/C20H39N5O2.HI/c1-16(18(26)24-9-7-8-10-24)23-11-13-25(14-12-23)19(21-5)22-15-17(27-6)20(2,3)4;/h16-17H,7-15H2,1-6H3,(H,21,22);1H. The van der Waals surface area contributed by atoms with E-state index in [0.717, 1.165) is 64.6 Å². The van der Waals surface area contributed by atoms with Crippen LogP contribution in [0, 0.1) is 5.41 Å². The van der Waals surface area contributed by atoms with Crippen molar-refractivity contribution in [2.24, 2.45) is 10.4 Å². The molecule has 0 radical (unpaired) electrons. The second-order valence-electron chi connectivity index (χ2n) is 8.75. The van der Waals surface area contributed by atoms with E-state index in [1.807, 2.05) is 11.9 Å². The van der Waals surface area contributed by atoms with Crippen LogP contribution in [0.5, 0.6) is 0 Å². The van der Waals surface area contributed by atoms with E-state index < -0.39 is 0 Å². The molecule has 8 heteroatoms. The first-order valence-corrected chi connectivity index (χ1v) is 10.3. The number of carbonyl (C=O) groups excluding carboxylic acids is 1. The average Bonchev–Trinajstić information content (AvgIpc) is 3.18. The van der Waals surface area contributed by atoms with Crippen molar-refractivity contribution in [3.63, 3.8) is 0 Å². The van der Waals surface area contributed by atoms with Gasteiger partial charge in [-0.2, -0.15) is 0 Å². The van der Waals surface area contributed by atoms with Crippen molar-refractivity contribution in [1.82, 2.24) is 20.0 Å². The van der Waals surface area contributed by atoms with Gasteiger partial charge in [0, 0.05) is 60.0 Å². The fourth-order valence-corrected chi connectivity index (χ4v) is 3.94. The Bertz CT molecular complexity index is 509. The number of guanidine groups is 1. The molecular formula is C20H40IN5O2. The van der Waals surface area contributed by atoms with Crippen LogP contribution in [0.4, 0.5) is 0 Å². The van der Waals surface area contributed by atoms with Gasteiger partial charge in [-0.15, -0.1) is 24.0 Å². The molecule has 0 saturated carbocycles. The Morgan fingerprint density at radius 1 is 1.07 bits per heavy atom. The van der Waals surface area contributed by atoms with Crippen molar-refractivity contribution in [2.75, 3.05) is 60.0 Å². The van der Waals surface area contributed by atoms with Gasteiger partial charge in [-0.3, -0.25) is 14.7 Å². The zero-order chi connectivity index (χ0) is 20.0. The Balaban J connectivity index is 0.00000392. The molecule has 0 aromatic carbocycles. The van der Waals surface area contributed by atoms with Crippen LogP contribution in [-0.4, -0.2) is 98.7 Å². The molecule has 2 fully saturated rings. The molecule has 2 unspecified atom stereocenters. The number of methoxy groups -OCH3 is 1. The number of rotatable bonds is 5. The molecule has 2 atom stereocenters. The Labute approximate surface area is 188 Å². The number of likely N-dealkylation sites (tertiary alicyclic amines) is 1. The topological polar surface area (TPSA) is 60.4 Å². The minimum atomic E-state index is -0.0287. The van der Waals surface area contributed by atoms with Gasteiger partial charge in [0.1, 0.15) is 0 Å². The smallest absolute Gasteiger partial charge is 0.239 e. The van der Waals surface area contributed by atoms with Crippen LogP contribution in [0.2, 0.25) is 0 Å². The lowest BCUT2D eigenvalue weighted by atomic mass is 9.89. The second-order valence-corrected chi connectivity index (χ2v) is 8.75. The highest BCUT2D eigenvalue weighted by Crippen LogP contribution is 2.21. The number of ether oxygens (including phenoxy) is 1. The Morgan fingerprint density at radius 3 is 2.11 bits per heavy atom. The van der Waals surface area contributed by atoms with Crippen LogP contribution in [0.3, 0.4) is 0 Å². The van der Waals surface area contributed by atoms with Gasteiger partial charge < -0.3 is 19.9 Å². The number of halogens is 1. The molecule has 2 rings (SSSR count). The van der Waals surface area contributed by atoms with Crippen LogP contribution in [-0.2, 0) is 9.53 Å². The summed E-state index contributed by atoms with van der Waals surface area (Å²) in [5, 5.41) is 3.47. The molecule has 0 aromatic heterocycles. The number of amides is 1. The van der Waals surface area contributed by atoms with E-state index in [1.165, 1.54) is 0 Å². The molecule has 1 amide bonds. The SMILES string of the molecule is CN=C(NCC(OC)C(C)(C)C)N1CCN(C(C)C(=O)N2CCCC2)CC1.I. The highest BCUT2D eigenvalue weighted by atomic mass is 127. The molecule has 28 heavy (non-hydrogen) atoms. The first kappa shape index (κ1) is 25.4. The van der Waals surface area contributed by atoms with Gasteiger partial charge >= 0.3 is 0 Å². The fraction of sp³-hybridized carbons (Fsp3) is 0.900. The largest absolute Gasteiger partial charge is 0.379 e. The highest BCUT2D eigenvalue weighted by molar-refractivity contribution is 14.0. The molecule has 0 spiro atoms. The molecule has 7 nitrogen and oxygen atoms in total. The summed E-state index contributed by atoms with van der Waals surface area (Å²) in [6.07, 6.45) is 2.41. The van der Waals surface area contributed by atoms with Crippen LogP contribution in [0.1, 0.15) is 40.5 Å². The monoisotopic (exact) mass is 509 g/mol. The summed E-state index contributed by atoms with van der Waals surface area (Å²) >= 11 is 0. The van der Waals surface area contributed by atoms with Crippen LogP contribution < -0.4 is 5.32 Å². The van der Waals surface area contributed by atoms with Gasteiger partial charge in [0.25, 0.3) is 0 Å². The molecule has 2 saturated heterocycles. The number of aliphatic imine (C=N–C) groups is 1. The van der Waals surface area contributed by atoms with Gasteiger partial charge in [0.05, 0.1) is 12.1 Å². The summed E-state index contributed by atoms with van der Waals surface area (Å²) in [6.45, 7) is 14.7. The van der Waals surface area contributed by atoms with Gasteiger partial charge in [0.2, 0.25) is 5.91 Å². The van der Waals surface area contributed by atoms with Crippen LogP contribution in [0.15, 0.2) is 4.99 Å². The van der Waals surface area contributed by atoms with E-state index >= 15 is 0 Å². The summed E-state index contributed by atoms with van der Waals surface area (Å²) in [5.41, 5.74) is 0.0741. The number of carbonyl (C=O) groups is 1. The molecule has 0 bridgehead atoms. The van der Waals surface area contributed by atoms with E-state index in [2.05, 4.69) is 47.8 Å². The average molecular weight is 509 g/mol. The Hall–Kier alpha value is -0.610. The lowest BCUT2D eigenvalue weighted by Gasteiger charge is -2.40. The zero-order valence-electron chi connectivity index (χ0n) is 18.5. The number of nitrogens with zero attached hydrogens (tertiary/aromatic N) is 4. The van der Waals surface area contributed by atoms with Crippen molar-refractivity contribution in [1.29, 1.82) is 0 Å². The third-order valence-electron chi connectivity index (χ3n) is 5.84.